The third-order valence-electron chi connectivity index (χ3n) is 5.50. The molecule has 1 fully saturated rings. The van der Waals surface area contributed by atoms with Crippen molar-refractivity contribution in [3.8, 4) is 5.75 Å². The van der Waals surface area contributed by atoms with E-state index in [1.807, 2.05) is 18.2 Å². The van der Waals surface area contributed by atoms with Gasteiger partial charge in [-0.1, -0.05) is 18.2 Å². The van der Waals surface area contributed by atoms with Gasteiger partial charge in [0.2, 0.25) is 0 Å². The summed E-state index contributed by atoms with van der Waals surface area (Å²) >= 11 is 0. The van der Waals surface area contributed by atoms with Crippen molar-refractivity contribution in [1.82, 2.24) is 15.1 Å². The van der Waals surface area contributed by atoms with Gasteiger partial charge in [-0.3, -0.25) is 14.6 Å². The van der Waals surface area contributed by atoms with E-state index in [0.717, 1.165) is 44.0 Å². The van der Waals surface area contributed by atoms with Gasteiger partial charge in [0.1, 0.15) is 11.3 Å². The van der Waals surface area contributed by atoms with E-state index in [9.17, 15) is 15.1 Å². The number of pyridine rings is 1. The molecule has 1 aliphatic rings. The van der Waals surface area contributed by atoms with Crippen LogP contribution >= 0.6 is 0 Å². The fraction of sp³-hybridized carbons (Fsp3) is 0.478. The van der Waals surface area contributed by atoms with Crippen molar-refractivity contribution in [2.24, 2.45) is 0 Å². The van der Waals surface area contributed by atoms with Crippen LogP contribution in [0.2, 0.25) is 0 Å². The molecule has 8 heteroatoms. The monoisotopic (exact) mass is 428 g/mol. The number of nitrogens with zero attached hydrogens (tertiary/aromatic N) is 3. The van der Waals surface area contributed by atoms with E-state index in [-0.39, 0.29) is 12.5 Å². The molecule has 1 unspecified atom stereocenters. The number of para-hydroxylation sites is 1. The Hall–Kier alpha value is -2.68. The Balaban J connectivity index is 1.43. The molecule has 31 heavy (non-hydrogen) atoms. The SMILES string of the molecule is CC1CN(Cc2ccccc2OCCCNC(=O)c2ccc[n+]([O-])c2)CCN1CCO. The number of aliphatic hydroxyl groups excluding tert-OH is 1. The Bertz CT molecular complexity index is 848. The summed E-state index contributed by atoms with van der Waals surface area (Å²) in [5.41, 5.74) is 1.50. The number of piperazine rings is 1. The number of benzene rings is 1. The maximum Gasteiger partial charge on any atom is 0.257 e. The second-order valence-electron chi connectivity index (χ2n) is 7.86. The smallest absolute Gasteiger partial charge is 0.257 e. The second-order valence-corrected chi connectivity index (χ2v) is 7.86. The van der Waals surface area contributed by atoms with Crippen LogP contribution < -0.4 is 14.8 Å². The fourth-order valence-electron chi connectivity index (χ4n) is 3.84. The van der Waals surface area contributed by atoms with Gasteiger partial charge in [-0.2, -0.15) is 4.73 Å². The number of carbonyl (C=O) groups excluding carboxylic acids is 1. The van der Waals surface area contributed by atoms with E-state index >= 15 is 0 Å². The average molecular weight is 429 g/mol. The van der Waals surface area contributed by atoms with E-state index in [1.54, 1.807) is 12.1 Å². The number of β-amino-alcohol motifs (C(OH)–C–C–N with tert-alkyl or cyclic N) is 1. The topological polar surface area (TPSA) is 92.0 Å². The Kier molecular flexibility index (Phi) is 8.63. The number of rotatable bonds is 10. The van der Waals surface area contributed by atoms with Crippen molar-refractivity contribution in [1.29, 1.82) is 0 Å². The van der Waals surface area contributed by atoms with Crippen LogP contribution in [0.25, 0.3) is 0 Å². The highest BCUT2D eigenvalue weighted by atomic mass is 16.5. The molecule has 1 amide bonds. The lowest BCUT2D eigenvalue weighted by molar-refractivity contribution is -0.605. The maximum atomic E-state index is 12.1. The van der Waals surface area contributed by atoms with Gasteiger partial charge >= 0.3 is 0 Å². The van der Waals surface area contributed by atoms with Crippen LogP contribution in [0.4, 0.5) is 0 Å². The van der Waals surface area contributed by atoms with Gasteiger partial charge in [-0.15, -0.1) is 0 Å². The van der Waals surface area contributed by atoms with Crippen LogP contribution in [-0.4, -0.2) is 72.8 Å². The van der Waals surface area contributed by atoms with E-state index in [1.165, 1.54) is 12.4 Å². The highest BCUT2D eigenvalue weighted by molar-refractivity contribution is 5.93. The van der Waals surface area contributed by atoms with Gasteiger partial charge in [0.25, 0.3) is 5.91 Å². The van der Waals surface area contributed by atoms with E-state index < -0.39 is 0 Å². The number of carbonyl (C=O) groups is 1. The first-order valence-corrected chi connectivity index (χ1v) is 10.8. The zero-order chi connectivity index (χ0) is 22.1. The van der Waals surface area contributed by atoms with Crippen LogP contribution in [0, 0.1) is 5.21 Å². The molecular weight excluding hydrogens is 396 g/mol. The summed E-state index contributed by atoms with van der Waals surface area (Å²) in [7, 11) is 0. The van der Waals surface area contributed by atoms with Crippen LogP contribution in [-0.2, 0) is 6.54 Å². The van der Waals surface area contributed by atoms with Gasteiger partial charge in [-0.05, 0) is 25.5 Å². The number of ether oxygens (including phenoxy) is 1. The number of aromatic nitrogens is 1. The van der Waals surface area contributed by atoms with Crippen LogP contribution in [0.3, 0.4) is 0 Å². The molecule has 0 saturated carbocycles. The zero-order valence-electron chi connectivity index (χ0n) is 18.1. The number of amides is 1. The minimum atomic E-state index is -0.264. The number of hydrogen-bond donors (Lipinski definition) is 2. The molecule has 1 aliphatic heterocycles. The van der Waals surface area contributed by atoms with Crippen molar-refractivity contribution >= 4 is 5.91 Å². The first-order valence-electron chi connectivity index (χ1n) is 10.8. The molecule has 0 aliphatic carbocycles. The number of hydrogen-bond acceptors (Lipinski definition) is 6. The summed E-state index contributed by atoms with van der Waals surface area (Å²) in [4.78, 5) is 16.8. The van der Waals surface area contributed by atoms with Crippen LogP contribution in [0.1, 0.15) is 29.3 Å². The lowest BCUT2D eigenvalue weighted by Gasteiger charge is -2.39. The predicted molar refractivity (Wildman–Crippen MR) is 118 cm³/mol. The Morgan fingerprint density at radius 2 is 2.13 bits per heavy atom. The first kappa shape index (κ1) is 23.0. The molecule has 2 N–H and O–H groups in total. The summed E-state index contributed by atoms with van der Waals surface area (Å²) in [6.45, 7) is 7.80. The van der Waals surface area contributed by atoms with Crippen LogP contribution in [0.15, 0.2) is 48.8 Å². The Morgan fingerprint density at radius 1 is 1.29 bits per heavy atom. The molecule has 1 aromatic heterocycles. The van der Waals surface area contributed by atoms with E-state index in [4.69, 9.17) is 4.74 Å². The van der Waals surface area contributed by atoms with Crippen molar-refractivity contribution in [3.63, 3.8) is 0 Å². The summed E-state index contributed by atoms with van der Waals surface area (Å²) in [5.74, 6) is 0.606. The largest absolute Gasteiger partial charge is 0.619 e. The molecule has 0 radical (unpaired) electrons. The van der Waals surface area contributed by atoms with Crippen molar-refractivity contribution in [2.75, 3.05) is 45.9 Å². The fourth-order valence-corrected chi connectivity index (χ4v) is 3.84. The second kappa shape index (κ2) is 11.6. The molecule has 3 rings (SSSR count). The summed E-state index contributed by atoms with van der Waals surface area (Å²) in [6, 6.07) is 11.6. The van der Waals surface area contributed by atoms with Gasteiger partial charge in [0, 0.05) is 56.9 Å². The maximum absolute atomic E-state index is 12.1. The molecule has 1 atom stereocenters. The van der Waals surface area contributed by atoms with Gasteiger partial charge in [0.05, 0.1) is 13.2 Å². The predicted octanol–water partition coefficient (Wildman–Crippen LogP) is 1.02. The highest BCUT2D eigenvalue weighted by Gasteiger charge is 2.23. The number of nitrogens with one attached hydrogen (secondary N) is 1. The van der Waals surface area contributed by atoms with E-state index in [2.05, 4.69) is 28.1 Å². The average Bonchev–Trinajstić information content (AvgIpc) is 2.76. The minimum absolute atomic E-state index is 0.200. The van der Waals surface area contributed by atoms with Crippen molar-refractivity contribution in [3.05, 3.63) is 65.1 Å². The molecule has 2 heterocycles. The quantitative estimate of drug-likeness (QED) is 0.334. The highest BCUT2D eigenvalue weighted by Crippen LogP contribution is 2.21. The molecule has 8 nitrogen and oxygen atoms in total. The summed E-state index contributed by atoms with van der Waals surface area (Å²) in [5, 5.41) is 23.3. The van der Waals surface area contributed by atoms with Crippen molar-refractivity contribution in [2.45, 2.75) is 25.9 Å². The normalized spacial score (nSPS) is 17.4. The van der Waals surface area contributed by atoms with Gasteiger partial charge in [-0.25, -0.2) is 0 Å². The minimum Gasteiger partial charge on any atom is -0.619 e. The molecule has 0 spiro atoms. The van der Waals surface area contributed by atoms with Gasteiger partial charge in [0.15, 0.2) is 12.4 Å². The summed E-state index contributed by atoms with van der Waals surface area (Å²) < 4.78 is 6.61. The third kappa shape index (κ3) is 6.92. The van der Waals surface area contributed by atoms with E-state index in [0.29, 0.717) is 35.9 Å². The molecule has 2 aromatic rings. The van der Waals surface area contributed by atoms with Crippen molar-refractivity contribution < 1.29 is 19.4 Å². The molecule has 1 aromatic carbocycles. The van der Waals surface area contributed by atoms with Crippen LogP contribution in [0.5, 0.6) is 5.75 Å². The Labute approximate surface area is 183 Å². The lowest BCUT2D eigenvalue weighted by Crippen LogP contribution is -2.52. The first-order chi connectivity index (χ1) is 15.1. The standard InChI is InChI=1S/C23H32N4O4/c1-19-16-25(11-12-26(19)13-14-28)17-20-6-2-3-8-22(20)31-15-5-9-24-23(29)21-7-4-10-27(30)18-21/h2-4,6-8,10,18-19,28H,5,9,11-17H2,1H3,(H,24,29). The molecule has 168 valence electrons. The molecule has 1 saturated heterocycles. The third-order valence-corrected chi connectivity index (χ3v) is 5.50. The van der Waals surface area contributed by atoms with Gasteiger partial charge < -0.3 is 20.4 Å². The summed E-state index contributed by atoms with van der Waals surface area (Å²) in [6.07, 6.45) is 3.27. The molecule has 0 bridgehead atoms. The molecular formula is C23H32N4O4. The Morgan fingerprint density at radius 3 is 2.90 bits per heavy atom. The zero-order valence-corrected chi connectivity index (χ0v) is 18.1. The lowest BCUT2D eigenvalue weighted by atomic mass is 10.1. The number of aliphatic hydroxyl groups is 1.